The van der Waals surface area contributed by atoms with Crippen molar-refractivity contribution in [2.24, 2.45) is 5.73 Å². The fraction of sp³-hybridized carbons (Fsp3) is 0.500. The first-order chi connectivity index (χ1) is 5.81. The third kappa shape index (κ3) is 35.4. The Hall–Kier alpha value is -0.920. The zero-order chi connectivity index (χ0) is 10.9. The van der Waals surface area contributed by atoms with Crippen LogP contribution in [0.4, 0.5) is 0 Å². The number of carbonyl (C=O) groups is 1. The molecule has 6 nitrogen and oxygen atoms in total. The van der Waals surface area contributed by atoms with Gasteiger partial charge in [0.25, 0.3) is 10.1 Å². The van der Waals surface area contributed by atoms with E-state index in [1.807, 2.05) is 0 Å². The molecule has 0 atom stereocenters. The minimum atomic E-state index is -3.67. The molecule has 0 amide bonds. The van der Waals surface area contributed by atoms with E-state index in [-0.39, 0.29) is 6.61 Å². The van der Waals surface area contributed by atoms with E-state index < -0.39 is 16.1 Å². The Morgan fingerprint density at radius 2 is 2.08 bits per heavy atom. The van der Waals surface area contributed by atoms with Crippen LogP contribution in [0.3, 0.4) is 0 Å². The molecule has 0 radical (unpaired) electrons. The van der Waals surface area contributed by atoms with Gasteiger partial charge in [-0.25, -0.2) is 4.79 Å². The van der Waals surface area contributed by atoms with E-state index in [2.05, 4.69) is 11.3 Å². The highest BCUT2D eigenvalue weighted by Crippen LogP contribution is 1.74. The van der Waals surface area contributed by atoms with Gasteiger partial charge in [0.2, 0.25) is 0 Å². The van der Waals surface area contributed by atoms with E-state index >= 15 is 0 Å². The van der Waals surface area contributed by atoms with Crippen molar-refractivity contribution in [1.29, 1.82) is 0 Å². The summed E-state index contributed by atoms with van der Waals surface area (Å²) in [6.07, 6.45) is 1.82. The predicted octanol–water partition coefficient (Wildman–Crippen LogP) is -0.822. The van der Waals surface area contributed by atoms with Crippen molar-refractivity contribution < 1.29 is 22.5 Å². The molecule has 0 bridgehead atoms. The molecule has 0 rings (SSSR count). The van der Waals surface area contributed by atoms with Crippen molar-refractivity contribution in [3.63, 3.8) is 0 Å². The van der Waals surface area contributed by atoms with Crippen LogP contribution in [0, 0.1) is 0 Å². The second-order valence-corrected chi connectivity index (χ2v) is 3.36. The van der Waals surface area contributed by atoms with Crippen LogP contribution in [-0.2, 0) is 19.6 Å². The predicted molar refractivity (Wildman–Crippen MR) is 47.7 cm³/mol. The van der Waals surface area contributed by atoms with Crippen LogP contribution in [-0.4, -0.2) is 38.3 Å². The van der Waals surface area contributed by atoms with E-state index in [1.165, 1.54) is 0 Å². The van der Waals surface area contributed by atoms with Gasteiger partial charge in [0, 0.05) is 12.6 Å². The van der Waals surface area contributed by atoms with Gasteiger partial charge in [-0.2, -0.15) is 8.42 Å². The quantitative estimate of drug-likeness (QED) is 0.359. The summed E-state index contributed by atoms with van der Waals surface area (Å²) in [7, 11) is -3.67. The van der Waals surface area contributed by atoms with Gasteiger partial charge in [-0.05, 0) is 0 Å². The Morgan fingerprint density at radius 1 is 1.69 bits per heavy atom. The Labute approximate surface area is 77.1 Å². The van der Waals surface area contributed by atoms with Crippen LogP contribution in [0.1, 0.15) is 0 Å². The first-order valence-electron chi connectivity index (χ1n) is 3.23. The first-order valence-corrected chi connectivity index (χ1v) is 5.07. The number of esters is 1. The molecule has 0 aromatic heterocycles. The maximum Gasteiger partial charge on any atom is 0.330 e. The van der Waals surface area contributed by atoms with Crippen molar-refractivity contribution in [2.75, 3.05) is 19.4 Å². The van der Waals surface area contributed by atoms with E-state index in [0.717, 1.165) is 6.08 Å². The highest BCUT2D eigenvalue weighted by molar-refractivity contribution is 7.85. The van der Waals surface area contributed by atoms with Crippen molar-refractivity contribution in [1.82, 2.24) is 0 Å². The smallest absolute Gasteiger partial charge is 0.330 e. The lowest BCUT2D eigenvalue weighted by Crippen LogP contribution is -2.11. The van der Waals surface area contributed by atoms with Crippen molar-refractivity contribution in [3.8, 4) is 0 Å². The molecule has 0 unspecified atom stereocenters. The fourth-order valence-corrected chi connectivity index (χ4v) is 0.218. The number of hydrogen-bond acceptors (Lipinski definition) is 5. The number of nitrogens with two attached hydrogens (primary N) is 1. The summed E-state index contributed by atoms with van der Waals surface area (Å²) in [5.74, 6) is -0.421. The first kappa shape index (κ1) is 14.6. The van der Waals surface area contributed by atoms with E-state index in [4.69, 9.17) is 10.3 Å². The molecule has 3 N–H and O–H groups in total. The molecule has 0 aliphatic rings. The molecular weight excluding hydrogens is 198 g/mol. The van der Waals surface area contributed by atoms with Crippen molar-refractivity contribution >= 4 is 16.1 Å². The van der Waals surface area contributed by atoms with Gasteiger partial charge >= 0.3 is 5.97 Å². The summed E-state index contributed by atoms with van der Waals surface area (Å²) in [4.78, 5) is 10.2. The highest BCUT2D eigenvalue weighted by atomic mass is 32.2. The maximum absolute atomic E-state index is 10.2. The fourth-order valence-electron chi connectivity index (χ4n) is 0.218. The Morgan fingerprint density at radius 3 is 2.31 bits per heavy atom. The maximum atomic E-state index is 10.2. The lowest BCUT2D eigenvalue weighted by Gasteiger charge is -1.94. The number of rotatable bonds is 3. The summed E-state index contributed by atoms with van der Waals surface area (Å²) in [5.41, 5.74) is 5.02. The number of carbonyl (C=O) groups excluding carboxylic acids is 1. The largest absolute Gasteiger partial charge is 0.461 e. The molecule has 0 spiro atoms. The third-order valence-electron chi connectivity index (χ3n) is 0.529. The van der Waals surface area contributed by atoms with Crippen LogP contribution in [0.2, 0.25) is 0 Å². The summed E-state index contributed by atoms with van der Waals surface area (Å²) in [5, 5.41) is 0. The average molecular weight is 211 g/mol. The summed E-state index contributed by atoms with van der Waals surface area (Å²) in [6.45, 7) is 3.83. The number of hydrogen-bond donors (Lipinski definition) is 2. The SMILES string of the molecule is C=CC(=O)OCCN.CS(=O)(=O)O. The zero-order valence-electron chi connectivity index (χ0n) is 7.26. The highest BCUT2D eigenvalue weighted by Gasteiger charge is 1.89. The van der Waals surface area contributed by atoms with Crippen LogP contribution < -0.4 is 5.73 Å². The van der Waals surface area contributed by atoms with Crippen LogP contribution in [0.15, 0.2) is 12.7 Å². The molecule has 7 heteroatoms. The minimum Gasteiger partial charge on any atom is -0.461 e. The van der Waals surface area contributed by atoms with Gasteiger partial charge < -0.3 is 10.5 Å². The van der Waals surface area contributed by atoms with Gasteiger partial charge in [-0.15, -0.1) is 0 Å². The number of ether oxygens (including phenoxy) is 1. The standard InChI is InChI=1S/C5H9NO2.CH4O3S/c1-2-5(7)8-4-3-6;1-5(2,3)4/h2H,1,3-4,6H2;1H3,(H,2,3,4). The molecule has 0 heterocycles. The molecule has 0 aromatic carbocycles. The van der Waals surface area contributed by atoms with Gasteiger partial charge in [0.05, 0.1) is 6.26 Å². The summed E-state index contributed by atoms with van der Waals surface area (Å²) >= 11 is 0. The lowest BCUT2D eigenvalue weighted by atomic mass is 10.6. The second-order valence-electron chi connectivity index (χ2n) is 1.89. The third-order valence-corrected chi connectivity index (χ3v) is 0.529. The molecule has 0 aromatic rings. The van der Waals surface area contributed by atoms with E-state index in [9.17, 15) is 13.2 Å². The van der Waals surface area contributed by atoms with Crippen molar-refractivity contribution in [2.45, 2.75) is 0 Å². The Kier molecular flexibility index (Phi) is 8.66. The topological polar surface area (TPSA) is 107 Å². The Balaban J connectivity index is 0. The zero-order valence-corrected chi connectivity index (χ0v) is 8.08. The van der Waals surface area contributed by atoms with Crippen LogP contribution >= 0.6 is 0 Å². The lowest BCUT2D eigenvalue weighted by molar-refractivity contribution is -0.137. The van der Waals surface area contributed by atoms with Crippen LogP contribution in [0.25, 0.3) is 0 Å². The Bertz CT molecular complexity index is 238. The van der Waals surface area contributed by atoms with E-state index in [0.29, 0.717) is 12.8 Å². The van der Waals surface area contributed by atoms with Gasteiger partial charge in [0.15, 0.2) is 0 Å². The van der Waals surface area contributed by atoms with Gasteiger partial charge in [0.1, 0.15) is 6.61 Å². The molecular formula is C6H13NO5S. The van der Waals surface area contributed by atoms with Gasteiger partial charge in [-0.3, -0.25) is 4.55 Å². The second kappa shape index (κ2) is 7.71. The summed E-state index contributed by atoms with van der Waals surface area (Å²) < 4.78 is 30.3. The molecule has 0 aliphatic heterocycles. The minimum absolute atomic E-state index is 0.269. The molecule has 0 fully saturated rings. The molecule has 78 valence electrons. The normalized spacial score (nSPS) is 9.46. The van der Waals surface area contributed by atoms with E-state index in [1.54, 1.807) is 0 Å². The van der Waals surface area contributed by atoms with Crippen molar-refractivity contribution in [3.05, 3.63) is 12.7 Å². The molecule has 0 aliphatic carbocycles. The molecule has 0 saturated heterocycles. The van der Waals surface area contributed by atoms with Gasteiger partial charge in [-0.1, -0.05) is 6.58 Å². The van der Waals surface area contributed by atoms with Crippen LogP contribution in [0.5, 0.6) is 0 Å². The molecule has 0 saturated carbocycles. The summed E-state index contributed by atoms with van der Waals surface area (Å²) in [6, 6.07) is 0. The monoisotopic (exact) mass is 211 g/mol. The molecule has 13 heavy (non-hydrogen) atoms. The average Bonchev–Trinajstić information content (AvgIpc) is 1.97.